The number of hydrogen-bond donors (Lipinski definition) is 1. The van der Waals surface area contributed by atoms with Gasteiger partial charge in [0.25, 0.3) is 0 Å². The number of aromatic carboxylic acids is 1. The van der Waals surface area contributed by atoms with Crippen LogP contribution in [0.4, 0.5) is 0 Å². The average Bonchev–Trinajstić information content (AvgIpc) is 3.05. The zero-order chi connectivity index (χ0) is 16.4. The van der Waals surface area contributed by atoms with Crippen molar-refractivity contribution >= 4 is 5.97 Å². The van der Waals surface area contributed by atoms with Gasteiger partial charge in [0.05, 0.1) is 23.0 Å². The lowest BCUT2D eigenvalue weighted by molar-refractivity contribution is 0.0697. The molecule has 1 saturated heterocycles. The predicted octanol–water partition coefficient (Wildman–Crippen LogP) is 3.99. The molecule has 0 amide bonds. The van der Waals surface area contributed by atoms with Gasteiger partial charge >= 0.3 is 5.97 Å². The van der Waals surface area contributed by atoms with Crippen LogP contribution < -0.4 is 0 Å². The first-order valence-corrected chi connectivity index (χ1v) is 8.13. The third kappa shape index (κ3) is 3.13. The minimum absolute atomic E-state index is 0.296. The van der Waals surface area contributed by atoms with Crippen LogP contribution in [0.3, 0.4) is 0 Å². The molecule has 1 N–H and O–H groups in total. The van der Waals surface area contributed by atoms with Crippen molar-refractivity contribution < 1.29 is 9.90 Å². The molecule has 1 unspecified atom stereocenters. The molecule has 120 valence electrons. The summed E-state index contributed by atoms with van der Waals surface area (Å²) in [6.07, 6.45) is 2.29. The zero-order valence-electron chi connectivity index (χ0n) is 13.6. The monoisotopic (exact) mass is 310 g/mol. The maximum Gasteiger partial charge on any atom is 0.336 e. The van der Waals surface area contributed by atoms with E-state index in [0.29, 0.717) is 23.2 Å². The second-order valence-electron chi connectivity index (χ2n) is 6.29. The van der Waals surface area contributed by atoms with Gasteiger partial charge in [0.15, 0.2) is 0 Å². The summed E-state index contributed by atoms with van der Waals surface area (Å²) >= 11 is 0. The number of rotatable bonds is 4. The standard InChI is InChI=1S/C19H22N2O2/c1-13(2)21-12-6-11-18(21)17-10-5-9-16(20-17)14-7-3-4-8-15(14)19(22)23/h3-5,7-10,13,18H,6,11-12H2,1-2H3,(H,22,23). The lowest BCUT2D eigenvalue weighted by atomic mass is 10.0. The fraction of sp³-hybridized carbons (Fsp3) is 0.368. The number of carboxylic acid groups (broad SMARTS) is 1. The van der Waals surface area contributed by atoms with Crippen LogP contribution in [-0.2, 0) is 0 Å². The van der Waals surface area contributed by atoms with Crippen molar-refractivity contribution in [3.8, 4) is 11.3 Å². The molecule has 1 atom stereocenters. The van der Waals surface area contributed by atoms with Crippen LogP contribution in [-0.4, -0.2) is 33.5 Å². The molecule has 4 nitrogen and oxygen atoms in total. The lowest BCUT2D eigenvalue weighted by Crippen LogP contribution is -2.30. The first kappa shape index (κ1) is 15.7. The van der Waals surface area contributed by atoms with Crippen LogP contribution in [0.5, 0.6) is 0 Å². The molecule has 2 heterocycles. The molecule has 1 aliphatic rings. The minimum atomic E-state index is -0.919. The van der Waals surface area contributed by atoms with E-state index in [0.717, 1.165) is 24.4 Å². The van der Waals surface area contributed by atoms with Gasteiger partial charge in [-0.1, -0.05) is 24.3 Å². The van der Waals surface area contributed by atoms with Gasteiger partial charge in [-0.25, -0.2) is 4.79 Å². The van der Waals surface area contributed by atoms with E-state index in [1.807, 2.05) is 24.3 Å². The fourth-order valence-corrected chi connectivity index (χ4v) is 3.40. The normalized spacial score (nSPS) is 18.5. The van der Waals surface area contributed by atoms with E-state index in [4.69, 9.17) is 4.98 Å². The first-order chi connectivity index (χ1) is 11.1. The lowest BCUT2D eigenvalue weighted by Gasteiger charge is -2.28. The third-order valence-electron chi connectivity index (χ3n) is 4.50. The Morgan fingerprint density at radius 2 is 2.00 bits per heavy atom. The summed E-state index contributed by atoms with van der Waals surface area (Å²) in [5, 5.41) is 9.39. The quantitative estimate of drug-likeness (QED) is 0.927. The van der Waals surface area contributed by atoms with Gasteiger partial charge in [-0.05, 0) is 51.4 Å². The van der Waals surface area contributed by atoms with E-state index in [-0.39, 0.29) is 0 Å². The number of carboxylic acids is 1. The van der Waals surface area contributed by atoms with E-state index in [1.165, 1.54) is 6.42 Å². The molecule has 1 aromatic heterocycles. The summed E-state index contributed by atoms with van der Waals surface area (Å²) in [6.45, 7) is 5.52. The van der Waals surface area contributed by atoms with Crippen LogP contribution >= 0.6 is 0 Å². The number of hydrogen-bond acceptors (Lipinski definition) is 3. The van der Waals surface area contributed by atoms with E-state index in [1.54, 1.807) is 12.1 Å². The van der Waals surface area contributed by atoms with E-state index < -0.39 is 5.97 Å². The molecule has 0 aliphatic carbocycles. The molecule has 1 aromatic carbocycles. The molecule has 0 saturated carbocycles. The molecule has 3 rings (SSSR count). The van der Waals surface area contributed by atoms with Gasteiger partial charge in [-0.2, -0.15) is 0 Å². The second-order valence-corrected chi connectivity index (χ2v) is 6.29. The number of pyridine rings is 1. The highest BCUT2D eigenvalue weighted by atomic mass is 16.4. The van der Waals surface area contributed by atoms with Crippen molar-refractivity contribution in [1.29, 1.82) is 0 Å². The molecule has 2 aromatic rings. The Kier molecular flexibility index (Phi) is 4.44. The summed E-state index contributed by atoms with van der Waals surface area (Å²) in [4.78, 5) is 18.7. The SMILES string of the molecule is CC(C)N1CCCC1c1cccc(-c2ccccc2C(=O)O)n1. The highest BCUT2D eigenvalue weighted by Gasteiger charge is 2.29. The van der Waals surface area contributed by atoms with Gasteiger partial charge < -0.3 is 5.11 Å². The van der Waals surface area contributed by atoms with Gasteiger partial charge in [0.1, 0.15) is 0 Å². The van der Waals surface area contributed by atoms with E-state index >= 15 is 0 Å². The Morgan fingerprint density at radius 1 is 1.22 bits per heavy atom. The molecule has 0 radical (unpaired) electrons. The van der Waals surface area contributed by atoms with Crippen molar-refractivity contribution in [2.75, 3.05) is 6.54 Å². The Labute approximate surface area is 136 Å². The third-order valence-corrected chi connectivity index (χ3v) is 4.50. The van der Waals surface area contributed by atoms with Gasteiger partial charge in [0, 0.05) is 11.6 Å². The topological polar surface area (TPSA) is 53.4 Å². The van der Waals surface area contributed by atoms with Crippen molar-refractivity contribution in [2.45, 2.75) is 38.8 Å². The maximum atomic E-state index is 11.4. The molecular weight excluding hydrogens is 288 g/mol. The summed E-state index contributed by atoms with van der Waals surface area (Å²) in [5.41, 5.74) is 2.74. The summed E-state index contributed by atoms with van der Waals surface area (Å²) in [7, 11) is 0. The van der Waals surface area contributed by atoms with Crippen molar-refractivity contribution in [3.63, 3.8) is 0 Å². The van der Waals surface area contributed by atoms with Crippen molar-refractivity contribution in [1.82, 2.24) is 9.88 Å². The molecule has 1 aliphatic heterocycles. The molecular formula is C19H22N2O2. The Bertz CT molecular complexity index is 712. The van der Waals surface area contributed by atoms with Gasteiger partial charge in [-0.15, -0.1) is 0 Å². The highest BCUT2D eigenvalue weighted by Crippen LogP contribution is 2.33. The predicted molar refractivity (Wildman–Crippen MR) is 90.4 cm³/mol. The number of benzene rings is 1. The van der Waals surface area contributed by atoms with Crippen LogP contribution in [0.2, 0.25) is 0 Å². The summed E-state index contributed by atoms with van der Waals surface area (Å²) in [5.74, 6) is -0.919. The molecule has 23 heavy (non-hydrogen) atoms. The summed E-state index contributed by atoms with van der Waals surface area (Å²) < 4.78 is 0. The maximum absolute atomic E-state index is 11.4. The van der Waals surface area contributed by atoms with Crippen LogP contribution in [0.15, 0.2) is 42.5 Å². The average molecular weight is 310 g/mol. The zero-order valence-corrected chi connectivity index (χ0v) is 13.6. The Balaban J connectivity index is 2.00. The van der Waals surface area contributed by atoms with Crippen molar-refractivity contribution in [2.24, 2.45) is 0 Å². The molecule has 0 spiro atoms. The van der Waals surface area contributed by atoms with Crippen molar-refractivity contribution in [3.05, 3.63) is 53.7 Å². The number of nitrogens with zero attached hydrogens (tertiary/aromatic N) is 2. The molecule has 0 bridgehead atoms. The second kappa shape index (κ2) is 6.50. The van der Waals surface area contributed by atoms with Crippen LogP contribution in [0.1, 0.15) is 48.8 Å². The summed E-state index contributed by atoms with van der Waals surface area (Å²) in [6, 6.07) is 13.8. The Hall–Kier alpha value is -2.20. The molecule has 1 fully saturated rings. The first-order valence-electron chi connectivity index (χ1n) is 8.13. The van der Waals surface area contributed by atoms with E-state index in [2.05, 4.69) is 24.8 Å². The number of carbonyl (C=O) groups is 1. The minimum Gasteiger partial charge on any atom is -0.478 e. The highest BCUT2D eigenvalue weighted by molar-refractivity contribution is 5.95. The largest absolute Gasteiger partial charge is 0.478 e. The molecule has 4 heteroatoms. The smallest absolute Gasteiger partial charge is 0.336 e. The van der Waals surface area contributed by atoms with Crippen LogP contribution in [0, 0.1) is 0 Å². The Morgan fingerprint density at radius 3 is 2.74 bits per heavy atom. The fourth-order valence-electron chi connectivity index (χ4n) is 3.40. The number of likely N-dealkylation sites (tertiary alicyclic amines) is 1. The number of aromatic nitrogens is 1. The van der Waals surface area contributed by atoms with Gasteiger partial charge in [0.2, 0.25) is 0 Å². The van der Waals surface area contributed by atoms with Crippen LogP contribution in [0.25, 0.3) is 11.3 Å². The van der Waals surface area contributed by atoms with Gasteiger partial charge in [-0.3, -0.25) is 9.88 Å². The van der Waals surface area contributed by atoms with E-state index in [9.17, 15) is 9.90 Å².